The zero-order chi connectivity index (χ0) is 20.1. The van der Waals surface area contributed by atoms with Crippen LogP contribution in [0.4, 0.5) is 0 Å². The number of nitrogens with one attached hydrogen (secondary N) is 1. The van der Waals surface area contributed by atoms with Crippen LogP contribution < -0.4 is 5.32 Å². The Hall–Kier alpha value is -2.71. The van der Waals surface area contributed by atoms with Crippen LogP contribution in [0.5, 0.6) is 0 Å². The second-order valence-corrected chi connectivity index (χ2v) is 7.84. The van der Waals surface area contributed by atoms with Crippen molar-refractivity contribution in [2.75, 3.05) is 13.2 Å². The molecule has 0 saturated carbocycles. The zero-order valence-corrected chi connectivity index (χ0v) is 17.4. The summed E-state index contributed by atoms with van der Waals surface area (Å²) in [4.78, 5) is 30.1. The van der Waals surface area contributed by atoms with E-state index in [2.05, 4.69) is 27.5 Å². The molecule has 0 radical (unpaired) electrons. The molecule has 0 bridgehead atoms. The molecule has 3 heterocycles. The van der Waals surface area contributed by atoms with E-state index in [1.165, 1.54) is 16.2 Å². The highest BCUT2D eigenvalue weighted by Gasteiger charge is 2.21. The van der Waals surface area contributed by atoms with Crippen molar-refractivity contribution in [3.05, 3.63) is 62.8 Å². The predicted molar refractivity (Wildman–Crippen MR) is 112 cm³/mol. The lowest BCUT2D eigenvalue weighted by Gasteiger charge is -2.10. The van der Waals surface area contributed by atoms with E-state index in [4.69, 9.17) is 4.74 Å². The molecule has 3 aromatic rings. The van der Waals surface area contributed by atoms with Crippen molar-refractivity contribution in [1.82, 2.24) is 14.9 Å². The molecule has 0 atom stereocenters. The fourth-order valence-electron chi connectivity index (χ4n) is 2.79. The monoisotopic (exact) mass is 415 g/mol. The lowest BCUT2D eigenvalue weighted by molar-refractivity contribution is 0.0526. The summed E-state index contributed by atoms with van der Waals surface area (Å²) in [6.07, 6.45) is 1.64. The standard InChI is InChI=1S/C20H21N3O3S2/c1-4-8-21-18(24)15-10-17(16-12-28-19(22-16)20(25)26-5-2)23(13(15)3)11-14-7-6-9-27-14/h4,6-7,9-10,12H,1,5,8,11H2,2-3H3,(H,21,24). The van der Waals surface area contributed by atoms with Crippen LogP contribution in [0, 0.1) is 6.92 Å². The number of nitrogens with zero attached hydrogens (tertiary/aromatic N) is 2. The average Bonchev–Trinajstić information content (AvgIpc) is 3.42. The van der Waals surface area contributed by atoms with Crippen molar-refractivity contribution in [2.24, 2.45) is 0 Å². The molecule has 1 N–H and O–H groups in total. The largest absolute Gasteiger partial charge is 0.461 e. The van der Waals surface area contributed by atoms with Gasteiger partial charge in [0.1, 0.15) is 0 Å². The first kappa shape index (κ1) is 20.0. The Morgan fingerprint density at radius 1 is 1.39 bits per heavy atom. The molecule has 1 amide bonds. The molecule has 0 unspecified atom stereocenters. The number of esters is 1. The van der Waals surface area contributed by atoms with E-state index < -0.39 is 5.97 Å². The molecule has 0 aliphatic rings. The number of thiophene rings is 1. The molecular weight excluding hydrogens is 394 g/mol. The van der Waals surface area contributed by atoms with E-state index in [9.17, 15) is 9.59 Å². The highest BCUT2D eigenvalue weighted by Crippen LogP contribution is 2.29. The summed E-state index contributed by atoms with van der Waals surface area (Å²) in [5.74, 6) is -0.597. The van der Waals surface area contributed by atoms with E-state index in [0.29, 0.717) is 36.0 Å². The number of aromatic nitrogens is 2. The van der Waals surface area contributed by atoms with Crippen molar-refractivity contribution < 1.29 is 14.3 Å². The molecule has 3 aromatic heterocycles. The molecule has 6 nitrogen and oxygen atoms in total. The lowest BCUT2D eigenvalue weighted by Crippen LogP contribution is -2.23. The van der Waals surface area contributed by atoms with Gasteiger partial charge in [-0.05, 0) is 31.4 Å². The van der Waals surface area contributed by atoms with Gasteiger partial charge >= 0.3 is 5.97 Å². The van der Waals surface area contributed by atoms with Crippen molar-refractivity contribution in [3.8, 4) is 11.4 Å². The molecule has 0 saturated heterocycles. The number of rotatable bonds is 8. The topological polar surface area (TPSA) is 73.2 Å². The Morgan fingerprint density at radius 2 is 2.21 bits per heavy atom. The first-order valence-corrected chi connectivity index (χ1v) is 10.6. The molecule has 0 aliphatic heterocycles. The lowest BCUT2D eigenvalue weighted by atomic mass is 10.2. The van der Waals surface area contributed by atoms with Crippen LogP contribution in [0.15, 0.2) is 41.6 Å². The van der Waals surface area contributed by atoms with Crippen LogP contribution in [0.1, 0.15) is 37.7 Å². The Bertz CT molecular complexity index is 987. The maximum atomic E-state index is 12.6. The highest BCUT2D eigenvalue weighted by atomic mass is 32.1. The number of hydrogen-bond acceptors (Lipinski definition) is 6. The molecule has 3 rings (SSSR count). The van der Waals surface area contributed by atoms with Crippen molar-refractivity contribution in [3.63, 3.8) is 0 Å². The van der Waals surface area contributed by atoms with Gasteiger partial charge in [-0.1, -0.05) is 12.1 Å². The third kappa shape index (κ3) is 4.23. The van der Waals surface area contributed by atoms with Crippen LogP contribution >= 0.6 is 22.7 Å². The average molecular weight is 416 g/mol. The summed E-state index contributed by atoms with van der Waals surface area (Å²) in [6.45, 7) is 8.63. The minimum Gasteiger partial charge on any atom is -0.461 e. The number of carbonyl (C=O) groups excluding carboxylic acids is 2. The van der Waals surface area contributed by atoms with Crippen LogP contribution in [-0.2, 0) is 11.3 Å². The summed E-state index contributed by atoms with van der Waals surface area (Å²) in [5.41, 5.74) is 2.87. The number of amides is 1. The summed E-state index contributed by atoms with van der Waals surface area (Å²) >= 11 is 2.89. The number of carbonyl (C=O) groups is 2. The van der Waals surface area contributed by atoms with E-state index in [-0.39, 0.29) is 5.91 Å². The van der Waals surface area contributed by atoms with Crippen LogP contribution in [0.25, 0.3) is 11.4 Å². The number of ether oxygens (including phenoxy) is 1. The van der Waals surface area contributed by atoms with Gasteiger partial charge in [-0.2, -0.15) is 0 Å². The molecule has 146 valence electrons. The molecule has 8 heteroatoms. The molecule has 0 aliphatic carbocycles. The van der Waals surface area contributed by atoms with Crippen LogP contribution in [-0.4, -0.2) is 34.6 Å². The smallest absolute Gasteiger partial charge is 0.367 e. The maximum absolute atomic E-state index is 12.6. The van der Waals surface area contributed by atoms with Gasteiger partial charge in [0.25, 0.3) is 5.91 Å². The quantitative estimate of drug-likeness (QED) is 0.444. The Kier molecular flexibility index (Phi) is 6.43. The Morgan fingerprint density at radius 3 is 2.89 bits per heavy atom. The molecule has 0 aromatic carbocycles. The van der Waals surface area contributed by atoms with Crippen molar-refractivity contribution in [2.45, 2.75) is 20.4 Å². The third-order valence-electron chi connectivity index (χ3n) is 4.13. The Labute approximate surface area is 171 Å². The van der Waals surface area contributed by atoms with E-state index >= 15 is 0 Å². The summed E-state index contributed by atoms with van der Waals surface area (Å²) < 4.78 is 7.09. The van der Waals surface area contributed by atoms with Gasteiger partial charge in [-0.15, -0.1) is 29.3 Å². The van der Waals surface area contributed by atoms with Crippen molar-refractivity contribution in [1.29, 1.82) is 0 Å². The van der Waals surface area contributed by atoms with Gasteiger partial charge < -0.3 is 14.6 Å². The SMILES string of the molecule is C=CCNC(=O)c1cc(-c2csc(C(=O)OCC)n2)n(Cc2cccs2)c1C. The second-order valence-electron chi connectivity index (χ2n) is 5.95. The Balaban J connectivity index is 2.01. The first-order chi connectivity index (χ1) is 13.5. The fraction of sp³-hybridized carbons (Fsp3) is 0.250. The normalized spacial score (nSPS) is 10.6. The zero-order valence-electron chi connectivity index (χ0n) is 15.7. The molecular formula is C20H21N3O3S2. The summed E-state index contributed by atoms with van der Waals surface area (Å²) in [7, 11) is 0. The highest BCUT2D eigenvalue weighted by molar-refractivity contribution is 7.12. The van der Waals surface area contributed by atoms with Crippen molar-refractivity contribution >= 4 is 34.6 Å². The predicted octanol–water partition coefficient (Wildman–Crippen LogP) is 4.12. The summed E-state index contributed by atoms with van der Waals surface area (Å²) in [5, 5.41) is 6.96. The van der Waals surface area contributed by atoms with Gasteiger partial charge in [0, 0.05) is 22.5 Å². The van der Waals surface area contributed by atoms with Gasteiger partial charge in [0.15, 0.2) is 0 Å². The molecule has 28 heavy (non-hydrogen) atoms. The minimum atomic E-state index is -0.434. The van der Waals surface area contributed by atoms with E-state index in [1.54, 1.807) is 24.3 Å². The number of thiazole rings is 1. The maximum Gasteiger partial charge on any atom is 0.367 e. The first-order valence-electron chi connectivity index (χ1n) is 8.79. The minimum absolute atomic E-state index is 0.163. The van der Waals surface area contributed by atoms with Gasteiger partial charge in [-0.25, -0.2) is 9.78 Å². The van der Waals surface area contributed by atoms with Gasteiger partial charge in [-0.3, -0.25) is 4.79 Å². The number of hydrogen-bond donors (Lipinski definition) is 1. The fourth-order valence-corrected chi connectivity index (χ4v) is 4.18. The van der Waals surface area contributed by atoms with Crippen LogP contribution in [0.3, 0.4) is 0 Å². The third-order valence-corrected chi connectivity index (χ3v) is 5.81. The van der Waals surface area contributed by atoms with Crippen LogP contribution in [0.2, 0.25) is 0 Å². The molecule has 0 fully saturated rings. The van der Waals surface area contributed by atoms with E-state index in [0.717, 1.165) is 11.4 Å². The summed E-state index contributed by atoms with van der Waals surface area (Å²) in [6, 6.07) is 5.87. The van der Waals surface area contributed by atoms with Gasteiger partial charge in [0.2, 0.25) is 5.01 Å². The molecule has 0 spiro atoms. The second kappa shape index (κ2) is 8.99. The van der Waals surface area contributed by atoms with E-state index in [1.807, 2.05) is 29.8 Å². The van der Waals surface area contributed by atoms with Gasteiger partial charge in [0.05, 0.1) is 30.1 Å².